The van der Waals surface area contributed by atoms with Gasteiger partial charge in [0.25, 0.3) is 0 Å². The van der Waals surface area contributed by atoms with Gasteiger partial charge < -0.3 is 0 Å². The Bertz CT molecular complexity index is 267. The van der Waals surface area contributed by atoms with Gasteiger partial charge in [0.15, 0.2) is 5.78 Å². The molecule has 0 bridgehead atoms. The molecule has 1 rings (SSSR count). The first-order chi connectivity index (χ1) is 5.72. The molecule has 0 unspecified atom stereocenters. The number of ketones is 1. The molecule has 0 saturated carbocycles. The first kappa shape index (κ1) is 8.90. The summed E-state index contributed by atoms with van der Waals surface area (Å²) in [5.74, 6) is 0.1000. The van der Waals surface area contributed by atoms with E-state index in [9.17, 15) is 4.79 Å². The lowest BCUT2D eigenvalue weighted by Crippen LogP contribution is -2.06. The molecule has 0 aromatic carbocycles. The van der Waals surface area contributed by atoms with E-state index in [0.717, 1.165) is 18.5 Å². The molecule has 1 aromatic rings. The highest BCUT2D eigenvalue weighted by Gasteiger charge is 2.00. The smallest absolute Gasteiger partial charge is 0.151 e. The van der Waals surface area contributed by atoms with Crippen LogP contribution in [0.1, 0.15) is 26.0 Å². The van der Waals surface area contributed by atoms with Gasteiger partial charge in [-0.3, -0.25) is 4.79 Å². The summed E-state index contributed by atoms with van der Waals surface area (Å²) in [5.41, 5.74) is 0.957. The van der Waals surface area contributed by atoms with Crippen molar-refractivity contribution in [1.82, 2.24) is 15.0 Å². The molecule has 1 heterocycles. The maximum absolute atomic E-state index is 10.7. The molecule has 4 nitrogen and oxygen atoms in total. The lowest BCUT2D eigenvalue weighted by Gasteiger charge is -1.92. The number of rotatable bonds is 4. The normalized spacial score (nSPS) is 10.2. The van der Waals surface area contributed by atoms with Crippen molar-refractivity contribution in [2.45, 2.75) is 33.2 Å². The summed E-state index contributed by atoms with van der Waals surface area (Å²) in [6.07, 6.45) is 3.81. The highest BCUT2D eigenvalue weighted by Crippen LogP contribution is 1.96. The second-order valence-electron chi connectivity index (χ2n) is 2.86. The van der Waals surface area contributed by atoms with Gasteiger partial charge in [0.05, 0.1) is 5.69 Å². The van der Waals surface area contributed by atoms with Crippen molar-refractivity contribution in [3.05, 3.63) is 11.9 Å². The summed E-state index contributed by atoms with van der Waals surface area (Å²) < 4.78 is 1.58. The van der Waals surface area contributed by atoms with Gasteiger partial charge >= 0.3 is 0 Å². The molecular weight excluding hydrogens is 154 g/mol. The van der Waals surface area contributed by atoms with E-state index in [4.69, 9.17) is 0 Å². The molecule has 0 saturated heterocycles. The van der Waals surface area contributed by atoms with Crippen LogP contribution in [0.5, 0.6) is 0 Å². The van der Waals surface area contributed by atoms with E-state index >= 15 is 0 Å². The number of hydrogen-bond acceptors (Lipinski definition) is 3. The average Bonchev–Trinajstić information content (AvgIpc) is 2.36. The van der Waals surface area contributed by atoms with Crippen LogP contribution in [0.2, 0.25) is 0 Å². The molecule has 0 aliphatic rings. The maximum Gasteiger partial charge on any atom is 0.151 e. The monoisotopic (exact) mass is 167 g/mol. The van der Waals surface area contributed by atoms with Crippen LogP contribution in [0.15, 0.2) is 6.20 Å². The Kier molecular flexibility index (Phi) is 2.96. The lowest BCUT2D eigenvalue weighted by atomic mass is 10.3. The fourth-order valence-electron chi connectivity index (χ4n) is 1.01. The number of carbonyl (C=O) groups excluding carboxylic acids is 1. The molecule has 0 spiro atoms. The zero-order valence-corrected chi connectivity index (χ0v) is 7.45. The first-order valence-corrected chi connectivity index (χ1v) is 4.11. The van der Waals surface area contributed by atoms with E-state index in [1.807, 2.05) is 6.20 Å². The zero-order valence-electron chi connectivity index (χ0n) is 7.45. The Morgan fingerprint density at radius 2 is 2.42 bits per heavy atom. The van der Waals surface area contributed by atoms with Crippen molar-refractivity contribution in [2.24, 2.45) is 0 Å². The molecule has 0 amide bonds. The fraction of sp³-hybridized carbons (Fsp3) is 0.625. The molecule has 12 heavy (non-hydrogen) atoms. The third-order valence-corrected chi connectivity index (χ3v) is 1.48. The number of aromatic nitrogens is 3. The van der Waals surface area contributed by atoms with Gasteiger partial charge in [-0.05, 0) is 13.3 Å². The standard InChI is InChI=1S/C8H13N3O/c1-3-4-8-6-11(10-9-8)5-7(2)12/h6H,3-5H2,1-2H3. The predicted molar refractivity (Wildman–Crippen MR) is 44.7 cm³/mol. The Labute approximate surface area is 71.6 Å². The first-order valence-electron chi connectivity index (χ1n) is 4.11. The molecule has 0 aliphatic carbocycles. The summed E-state index contributed by atoms with van der Waals surface area (Å²) >= 11 is 0. The van der Waals surface area contributed by atoms with Gasteiger partial charge in [-0.15, -0.1) is 5.10 Å². The Morgan fingerprint density at radius 3 is 3.00 bits per heavy atom. The number of Topliss-reactive ketones (excluding diaryl/α,β-unsaturated/α-hetero) is 1. The quantitative estimate of drug-likeness (QED) is 0.667. The van der Waals surface area contributed by atoms with Crippen molar-refractivity contribution in [2.75, 3.05) is 0 Å². The number of carbonyl (C=O) groups is 1. The van der Waals surface area contributed by atoms with Crippen molar-refractivity contribution in [3.63, 3.8) is 0 Å². The van der Waals surface area contributed by atoms with Gasteiger partial charge in [0.1, 0.15) is 6.54 Å². The Hall–Kier alpha value is -1.19. The summed E-state index contributed by atoms with van der Waals surface area (Å²) in [6, 6.07) is 0. The van der Waals surface area contributed by atoms with E-state index in [2.05, 4.69) is 17.2 Å². The van der Waals surface area contributed by atoms with Gasteiger partial charge in [-0.1, -0.05) is 18.6 Å². The van der Waals surface area contributed by atoms with Crippen LogP contribution in [0, 0.1) is 0 Å². The summed E-state index contributed by atoms with van der Waals surface area (Å²) in [6.45, 7) is 3.96. The van der Waals surface area contributed by atoms with E-state index in [1.165, 1.54) is 0 Å². The SMILES string of the molecule is CCCc1cn(CC(C)=O)nn1. The van der Waals surface area contributed by atoms with Gasteiger partial charge in [0.2, 0.25) is 0 Å². The van der Waals surface area contributed by atoms with Crippen LogP contribution in [-0.4, -0.2) is 20.8 Å². The highest BCUT2D eigenvalue weighted by molar-refractivity contribution is 5.75. The maximum atomic E-state index is 10.7. The minimum Gasteiger partial charge on any atom is -0.298 e. The molecular formula is C8H13N3O. The number of hydrogen-bond donors (Lipinski definition) is 0. The van der Waals surface area contributed by atoms with Crippen LogP contribution in [0.25, 0.3) is 0 Å². The molecule has 0 aliphatic heterocycles. The second-order valence-corrected chi connectivity index (χ2v) is 2.86. The molecule has 0 fully saturated rings. The summed E-state index contributed by atoms with van der Waals surface area (Å²) in [4.78, 5) is 10.7. The lowest BCUT2D eigenvalue weighted by molar-refractivity contribution is -0.117. The fourth-order valence-corrected chi connectivity index (χ4v) is 1.01. The van der Waals surface area contributed by atoms with Crippen molar-refractivity contribution < 1.29 is 4.79 Å². The van der Waals surface area contributed by atoms with Gasteiger partial charge in [0, 0.05) is 6.20 Å². The number of nitrogens with zero attached hydrogens (tertiary/aromatic N) is 3. The van der Waals surface area contributed by atoms with Crippen molar-refractivity contribution in [3.8, 4) is 0 Å². The average molecular weight is 167 g/mol. The van der Waals surface area contributed by atoms with Gasteiger partial charge in [-0.2, -0.15) is 0 Å². The van der Waals surface area contributed by atoms with Crippen LogP contribution in [0.4, 0.5) is 0 Å². The second kappa shape index (κ2) is 3.99. The van der Waals surface area contributed by atoms with Crippen molar-refractivity contribution in [1.29, 1.82) is 0 Å². The van der Waals surface area contributed by atoms with Crippen molar-refractivity contribution >= 4 is 5.78 Å². The van der Waals surface area contributed by atoms with Crippen LogP contribution < -0.4 is 0 Å². The molecule has 1 aromatic heterocycles. The Balaban J connectivity index is 2.58. The minimum absolute atomic E-state index is 0.1000. The topological polar surface area (TPSA) is 47.8 Å². The Morgan fingerprint density at radius 1 is 1.67 bits per heavy atom. The summed E-state index contributed by atoms with van der Waals surface area (Å²) in [7, 11) is 0. The van der Waals surface area contributed by atoms with Crippen LogP contribution in [-0.2, 0) is 17.8 Å². The zero-order chi connectivity index (χ0) is 8.97. The molecule has 0 radical (unpaired) electrons. The largest absolute Gasteiger partial charge is 0.298 e. The van der Waals surface area contributed by atoms with E-state index < -0.39 is 0 Å². The highest BCUT2D eigenvalue weighted by atomic mass is 16.1. The third kappa shape index (κ3) is 2.45. The summed E-state index contributed by atoms with van der Waals surface area (Å²) in [5, 5.41) is 7.74. The van der Waals surface area contributed by atoms with Crippen LogP contribution >= 0.6 is 0 Å². The van der Waals surface area contributed by atoms with E-state index in [1.54, 1.807) is 11.6 Å². The third-order valence-electron chi connectivity index (χ3n) is 1.48. The molecule has 4 heteroatoms. The molecule has 0 atom stereocenters. The minimum atomic E-state index is 0.1000. The predicted octanol–water partition coefficient (Wildman–Crippen LogP) is 0.820. The van der Waals surface area contributed by atoms with Crippen LogP contribution in [0.3, 0.4) is 0 Å². The van der Waals surface area contributed by atoms with E-state index in [0.29, 0.717) is 6.54 Å². The molecule has 0 N–H and O–H groups in total. The molecule has 66 valence electrons. The van der Waals surface area contributed by atoms with E-state index in [-0.39, 0.29) is 5.78 Å². The van der Waals surface area contributed by atoms with Gasteiger partial charge in [-0.25, -0.2) is 4.68 Å². The number of aryl methyl sites for hydroxylation is 1.